The highest BCUT2D eigenvalue weighted by molar-refractivity contribution is 6.05. The largest absolute Gasteiger partial charge is 0.465 e. The van der Waals surface area contributed by atoms with Crippen LogP contribution < -0.4 is 0 Å². The molecule has 0 bridgehead atoms. The van der Waals surface area contributed by atoms with Crippen LogP contribution in [0.15, 0.2) is 24.5 Å². The van der Waals surface area contributed by atoms with Gasteiger partial charge in [0, 0.05) is 17.8 Å². The zero-order chi connectivity index (χ0) is 13.1. The van der Waals surface area contributed by atoms with Gasteiger partial charge >= 0.3 is 11.9 Å². The second kappa shape index (κ2) is 4.79. The first-order valence-corrected chi connectivity index (χ1v) is 5.08. The Balaban J connectivity index is 2.72. The monoisotopic (exact) mass is 246 g/mol. The van der Waals surface area contributed by atoms with Crippen LogP contribution in [0.5, 0.6) is 0 Å². The van der Waals surface area contributed by atoms with Crippen LogP contribution in [0.4, 0.5) is 0 Å². The topological polar surface area (TPSA) is 78.4 Å². The van der Waals surface area contributed by atoms with E-state index in [0.29, 0.717) is 10.9 Å². The summed E-state index contributed by atoms with van der Waals surface area (Å²) in [7, 11) is 2.52. The molecule has 2 heterocycles. The molecule has 6 heteroatoms. The number of methoxy groups -OCH3 is 2. The molecule has 18 heavy (non-hydrogen) atoms. The van der Waals surface area contributed by atoms with Gasteiger partial charge in [0.15, 0.2) is 0 Å². The molecule has 92 valence electrons. The van der Waals surface area contributed by atoms with Crippen molar-refractivity contribution in [1.29, 1.82) is 0 Å². The van der Waals surface area contributed by atoms with Crippen molar-refractivity contribution in [1.82, 2.24) is 9.97 Å². The highest BCUT2D eigenvalue weighted by Crippen LogP contribution is 2.18. The Labute approximate surface area is 103 Å². The summed E-state index contributed by atoms with van der Waals surface area (Å²) in [6, 6.07) is 2.94. The number of nitrogens with zero attached hydrogens (tertiary/aromatic N) is 2. The molecule has 0 atom stereocenters. The van der Waals surface area contributed by atoms with E-state index in [4.69, 9.17) is 0 Å². The minimum Gasteiger partial charge on any atom is -0.465 e. The normalized spacial score (nSPS) is 10.1. The maximum atomic E-state index is 11.7. The Morgan fingerprint density at radius 3 is 2.56 bits per heavy atom. The maximum absolute atomic E-state index is 11.7. The molecule has 0 fully saturated rings. The molecule has 0 radical (unpaired) electrons. The van der Waals surface area contributed by atoms with Gasteiger partial charge in [-0.05, 0) is 12.1 Å². The van der Waals surface area contributed by atoms with Crippen molar-refractivity contribution in [2.75, 3.05) is 14.2 Å². The smallest absolute Gasteiger partial charge is 0.356 e. The SMILES string of the molecule is COC(=O)c1cc(C(=O)OC)c2cnccc2n1. The summed E-state index contributed by atoms with van der Waals surface area (Å²) < 4.78 is 9.25. The second-order valence-corrected chi connectivity index (χ2v) is 3.43. The molecular weight excluding hydrogens is 236 g/mol. The van der Waals surface area contributed by atoms with E-state index in [1.54, 1.807) is 6.07 Å². The molecule has 2 rings (SSSR count). The standard InChI is InChI=1S/C12H10N2O4/c1-17-11(15)7-5-10(12(16)18-2)14-9-3-4-13-6-8(7)9/h3-6H,1-2H3. The van der Waals surface area contributed by atoms with Crippen molar-refractivity contribution in [3.05, 3.63) is 35.8 Å². The summed E-state index contributed by atoms with van der Waals surface area (Å²) >= 11 is 0. The third-order valence-electron chi connectivity index (χ3n) is 2.41. The van der Waals surface area contributed by atoms with Crippen LogP contribution in [-0.4, -0.2) is 36.1 Å². The van der Waals surface area contributed by atoms with Crippen LogP contribution in [0.1, 0.15) is 20.8 Å². The molecular formula is C12H10N2O4. The molecule has 0 unspecified atom stereocenters. The maximum Gasteiger partial charge on any atom is 0.356 e. The molecule has 0 aliphatic carbocycles. The Kier molecular flexibility index (Phi) is 3.18. The van der Waals surface area contributed by atoms with E-state index in [0.717, 1.165) is 0 Å². The number of aromatic nitrogens is 2. The van der Waals surface area contributed by atoms with E-state index in [9.17, 15) is 9.59 Å². The lowest BCUT2D eigenvalue weighted by Gasteiger charge is -2.06. The number of ether oxygens (including phenoxy) is 2. The zero-order valence-electron chi connectivity index (χ0n) is 9.84. The highest BCUT2D eigenvalue weighted by Gasteiger charge is 2.17. The molecule has 2 aromatic heterocycles. The van der Waals surface area contributed by atoms with Crippen molar-refractivity contribution >= 4 is 22.8 Å². The van der Waals surface area contributed by atoms with Crippen molar-refractivity contribution in [3.8, 4) is 0 Å². The number of hydrogen-bond acceptors (Lipinski definition) is 6. The molecule has 0 aliphatic rings. The lowest BCUT2D eigenvalue weighted by molar-refractivity contribution is 0.0594. The Hall–Kier alpha value is -2.50. The van der Waals surface area contributed by atoms with Crippen LogP contribution in [0.3, 0.4) is 0 Å². The average Bonchev–Trinajstić information content (AvgIpc) is 2.44. The Morgan fingerprint density at radius 1 is 1.17 bits per heavy atom. The highest BCUT2D eigenvalue weighted by atomic mass is 16.5. The summed E-state index contributed by atoms with van der Waals surface area (Å²) in [5, 5.41) is 0.525. The van der Waals surface area contributed by atoms with Crippen molar-refractivity contribution in [3.63, 3.8) is 0 Å². The third-order valence-corrected chi connectivity index (χ3v) is 2.41. The molecule has 2 aromatic rings. The van der Waals surface area contributed by atoms with Gasteiger partial charge in [0.1, 0.15) is 5.69 Å². The number of esters is 2. The average molecular weight is 246 g/mol. The molecule has 6 nitrogen and oxygen atoms in total. The van der Waals surface area contributed by atoms with Gasteiger partial charge in [-0.25, -0.2) is 14.6 Å². The van der Waals surface area contributed by atoms with E-state index in [2.05, 4.69) is 19.4 Å². The fraction of sp³-hybridized carbons (Fsp3) is 0.167. The fourth-order valence-corrected chi connectivity index (χ4v) is 1.56. The summed E-state index contributed by atoms with van der Waals surface area (Å²) in [4.78, 5) is 31.2. The minimum atomic E-state index is -0.612. The molecule has 0 amide bonds. The molecule has 0 aromatic carbocycles. The van der Waals surface area contributed by atoms with Crippen molar-refractivity contribution in [2.45, 2.75) is 0 Å². The molecule has 0 N–H and O–H groups in total. The zero-order valence-corrected chi connectivity index (χ0v) is 9.84. The number of rotatable bonds is 2. The van der Waals surface area contributed by atoms with E-state index < -0.39 is 11.9 Å². The van der Waals surface area contributed by atoms with E-state index >= 15 is 0 Å². The predicted octanol–water partition coefficient (Wildman–Crippen LogP) is 1.20. The van der Waals surface area contributed by atoms with Gasteiger partial charge < -0.3 is 9.47 Å². The third kappa shape index (κ3) is 2.00. The van der Waals surface area contributed by atoms with Gasteiger partial charge in [-0.15, -0.1) is 0 Å². The second-order valence-electron chi connectivity index (χ2n) is 3.43. The molecule has 0 saturated heterocycles. The van der Waals surface area contributed by atoms with Crippen molar-refractivity contribution < 1.29 is 19.1 Å². The van der Waals surface area contributed by atoms with Crippen molar-refractivity contribution in [2.24, 2.45) is 0 Å². The van der Waals surface area contributed by atoms with Gasteiger partial charge in [0.25, 0.3) is 0 Å². The summed E-state index contributed by atoms with van der Waals surface area (Å²) in [5.74, 6) is -1.17. The summed E-state index contributed by atoms with van der Waals surface area (Å²) in [6.45, 7) is 0. The van der Waals surface area contributed by atoms with Crippen LogP contribution >= 0.6 is 0 Å². The first kappa shape index (κ1) is 12.0. The molecule has 0 aliphatic heterocycles. The molecule has 0 saturated carbocycles. The van der Waals surface area contributed by atoms with Crippen LogP contribution in [0, 0.1) is 0 Å². The quantitative estimate of drug-likeness (QED) is 0.741. The van der Waals surface area contributed by atoms with Crippen LogP contribution in [0.25, 0.3) is 10.9 Å². The number of carbonyl (C=O) groups excluding carboxylic acids is 2. The lowest BCUT2D eigenvalue weighted by Crippen LogP contribution is -2.09. The number of fused-ring (bicyclic) bond motifs is 1. The Bertz CT molecular complexity index is 625. The van der Waals surface area contributed by atoms with E-state index in [-0.39, 0.29) is 11.3 Å². The fourth-order valence-electron chi connectivity index (χ4n) is 1.56. The lowest BCUT2D eigenvalue weighted by atomic mass is 10.1. The van der Waals surface area contributed by atoms with Crippen LogP contribution in [-0.2, 0) is 9.47 Å². The first-order valence-electron chi connectivity index (χ1n) is 5.08. The number of carbonyl (C=O) groups is 2. The number of pyridine rings is 2. The van der Waals surface area contributed by atoms with Gasteiger partial charge in [-0.2, -0.15) is 0 Å². The summed E-state index contributed by atoms with van der Waals surface area (Å²) in [6.07, 6.45) is 3.02. The van der Waals surface area contributed by atoms with Gasteiger partial charge in [0.05, 0.1) is 25.3 Å². The van der Waals surface area contributed by atoms with Gasteiger partial charge in [-0.1, -0.05) is 0 Å². The Morgan fingerprint density at radius 2 is 1.89 bits per heavy atom. The van der Waals surface area contributed by atoms with Gasteiger partial charge in [-0.3, -0.25) is 4.98 Å². The number of hydrogen-bond donors (Lipinski definition) is 0. The van der Waals surface area contributed by atoms with E-state index in [1.807, 2.05) is 0 Å². The minimum absolute atomic E-state index is 0.0524. The van der Waals surface area contributed by atoms with Gasteiger partial charge in [0.2, 0.25) is 0 Å². The van der Waals surface area contributed by atoms with E-state index in [1.165, 1.54) is 32.7 Å². The molecule has 0 spiro atoms. The summed E-state index contributed by atoms with van der Waals surface area (Å²) in [5.41, 5.74) is 0.765. The first-order chi connectivity index (χ1) is 8.67. The van der Waals surface area contributed by atoms with Crippen LogP contribution in [0.2, 0.25) is 0 Å². The predicted molar refractivity (Wildman–Crippen MR) is 62.2 cm³/mol.